The zero-order valence-corrected chi connectivity index (χ0v) is 18.1. The molecular formula is C22H24F3N3O2S+. The van der Waals surface area contributed by atoms with E-state index in [9.17, 15) is 21.6 Å². The Hall–Kier alpha value is -2.55. The van der Waals surface area contributed by atoms with Crippen molar-refractivity contribution in [3.8, 4) is 0 Å². The molecule has 2 aromatic rings. The summed E-state index contributed by atoms with van der Waals surface area (Å²) in [5.41, 5.74) is 0.850. The number of anilines is 1. The van der Waals surface area contributed by atoms with E-state index in [1.165, 1.54) is 6.07 Å². The van der Waals surface area contributed by atoms with Crippen LogP contribution in [-0.4, -0.2) is 37.1 Å². The molecule has 1 radical (unpaired) electrons. The number of alkyl halides is 3. The van der Waals surface area contributed by atoms with Crippen LogP contribution in [0.25, 0.3) is 0 Å². The number of hydrogen-bond donors (Lipinski definition) is 1. The van der Waals surface area contributed by atoms with Crippen LogP contribution in [0.5, 0.6) is 0 Å². The van der Waals surface area contributed by atoms with Crippen LogP contribution in [0.1, 0.15) is 32.3 Å². The number of aliphatic imine (C=N–C) groups is 1. The van der Waals surface area contributed by atoms with Crippen molar-refractivity contribution >= 4 is 27.2 Å². The van der Waals surface area contributed by atoms with Crippen molar-refractivity contribution in [2.45, 2.75) is 42.5 Å². The van der Waals surface area contributed by atoms with Crippen molar-refractivity contribution in [2.24, 2.45) is 5.92 Å². The lowest BCUT2D eigenvalue weighted by Crippen LogP contribution is -2.49. The predicted molar refractivity (Wildman–Crippen MR) is 114 cm³/mol. The van der Waals surface area contributed by atoms with Crippen molar-refractivity contribution in [1.29, 1.82) is 0 Å². The van der Waals surface area contributed by atoms with E-state index < -0.39 is 26.3 Å². The third-order valence-corrected chi connectivity index (χ3v) is 8.91. The number of guanidine groups is 1. The molecule has 1 fully saturated rings. The number of sulfone groups is 1. The first-order valence-corrected chi connectivity index (χ1v) is 11.6. The minimum absolute atomic E-state index is 0.187. The summed E-state index contributed by atoms with van der Waals surface area (Å²) in [6, 6.07) is 11.7. The topological polar surface area (TPSA) is 63.5 Å². The van der Waals surface area contributed by atoms with Gasteiger partial charge in [0, 0.05) is 0 Å². The van der Waals surface area contributed by atoms with Gasteiger partial charge in [0.2, 0.25) is 0 Å². The Morgan fingerprint density at radius 2 is 1.71 bits per heavy atom. The van der Waals surface area contributed by atoms with E-state index in [4.69, 9.17) is 0 Å². The van der Waals surface area contributed by atoms with Gasteiger partial charge in [0.15, 0.2) is 15.5 Å². The van der Waals surface area contributed by atoms with Crippen LogP contribution in [0.3, 0.4) is 0 Å². The highest BCUT2D eigenvalue weighted by atomic mass is 32.2. The second kappa shape index (κ2) is 7.55. The molecule has 2 heterocycles. The zero-order valence-electron chi connectivity index (χ0n) is 17.3. The molecule has 31 heavy (non-hydrogen) atoms. The average Bonchev–Trinajstić information content (AvgIpc) is 3.17. The van der Waals surface area contributed by atoms with Crippen LogP contribution in [0.2, 0.25) is 0 Å². The molecule has 0 atom stereocenters. The fraction of sp³-hybridized carbons (Fsp3) is 0.409. The summed E-state index contributed by atoms with van der Waals surface area (Å²) in [4.78, 5) is 6.40. The van der Waals surface area contributed by atoms with Gasteiger partial charge in [0.1, 0.15) is 5.69 Å². The normalized spacial score (nSPS) is 17.8. The van der Waals surface area contributed by atoms with Gasteiger partial charge in [-0.05, 0) is 62.9 Å². The molecule has 2 aromatic carbocycles. The van der Waals surface area contributed by atoms with Crippen LogP contribution >= 0.6 is 0 Å². The van der Waals surface area contributed by atoms with E-state index in [0.29, 0.717) is 25.9 Å². The highest BCUT2D eigenvalue weighted by Gasteiger charge is 2.46. The Labute approximate surface area is 179 Å². The van der Waals surface area contributed by atoms with Crippen LogP contribution in [0.15, 0.2) is 53.4 Å². The molecule has 1 saturated heterocycles. The van der Waals surface area contributed by atoms with Gasteiger partial charge in [0.05, 0.1) is 28.3 Å². The van der Waals surface area contributed by atoms with Crippen molar-refractivity contribution in [3.63, 3.8) is 0 Å². The number of benzene rings is 2. The second-order valence-corrected chi connectivity index (χ2v) is 11.0. The summed E-state index contributed by atoms with van der Waals surface area (Å²) in [5, 5.41) is 3.29. The molecular weight excluding hydrogens is 427 g/mol. The van der Waals surface area contributed by atoms with Gasteiger partial charge in [-0.1, -0.05) is 23.2 Å². The monoisotopic (exact) mass is 451 g/mol. The summed E-state index contributed by atoms with van der Waals surface area (Å²) in [6.45, 7) is 4.46. The summed E-state index contributed by atoms with van der Waals surface area (Å²) in [5.74, 6) is 0.561. The molecule has 2 aliphatic rings. The van der Waals surface area contributed by atoms with E-state index in [2.05, 4.69) is 15.2 Å². The lowest BCUT2D eigenvalue weighted by Gasteiger charge is -2.38. The lowest BCUT2D eigenvalue weighted by atomic mass is 9.86. The fourth-order valence-electron chi connectivity index (χ4n) is 4.24. The van der Waals surface area contributed by atoms with Crippen LogP contribution < -0.4 is 10.3 Å². The van der Waals surface area contributed by atoms with Gasteiger partial charge in [-0.3, -0.25) is 4.90 Å². The number of likely N-dealkylation sites (tertiary alicyclic amines) is 1. The largest absolute Gasteiger partial charge is 0.416 e. The molecule has 0 aliphatic carbocycles. The number of halogens is 3. The summed E-state index contributed by atoms with van der Waals surface area (Å²) in [6.07, 6.45) is -3.39. The maximum absolute atomic E-state index is 13.3. The third kappa shape index (κ3) is 3.91. The molecule has 4 rings (SSSR count). The van der Waals surface area contributed by atoms with E-state index in [0.717, 1.165) is 35.5 Å². The third-order valence-electron chi connectivity index (χ3n) is 6.32. The maximum Gasteiger partial charge on any atom is 0.416 e. The first-order valence-electron chi connectivity index (χ1n) is 10.1. The Morgan fingerprint density at radius 3 is 2.35 bits per heavy atom. The van der Waals surface area contributed by atoms with Crippen LogP contribution in [-0.2, 0) is 16.0 Å². The molecule has 0 unspecified atom stereocenters. The molecule has 0 amide bonds. The fourth-order valence-corrected chi connectivity index (χ4v) is 6.06. The van der Waals surface area contributed by atoms with Crippen molar-refractivity contribution in [1.82, 2.24) is 9.89 Å². The summed E-state index contributed by atoms with van der Waals surface area (Å²) in [7, 11) is -3.97. The minimum Gasteiger partial charge on any atom is -0.262 e. The Kier molecular flexibility index (Phi) is 5.28. The van der Waals surface area contributed by atoms with Crippen molar-refractivity contribution in [3.05, 3.63) is 54.1 Å². The number of hydrogen-bond acceptors (Lipinski definition) is 5. The number of rotatable bonds is 3. The Bertz CT molecular complexity index is 1120. The van der Waals surface area contributed by atoms with E-state index in [-0.39, 0.29) is 10.8 Å². The van der Waals surface area contributed by atoms with E-state index in [1.54, 1.807) is 13.8 Å². The first-order chi connectivity index (χ1) is 14.5. The number of nitrogens with zero attached hydrogens (tertiary/aromatic N) is 2. The molecule has 5 nitrogen and oxygen atoms in total. The SMILES string of the molecule is CC(C)(C1CCN(C2=[N+]c3ccccc3N2)CC1)S(=O)(=O)c1cccc(C(F)(F)F)c1. The summed E-state index contributed by atoms with van der Waals surface area (Å²) >= 11 is 0. The zero-order chi connectivity index (χ0) is 22.4. The second-order valence-electron chi connectivity index (χ2n) is 8.47. The molecule has 0 aromatic heterocycles. The number of piperidine rings is 1. The van der Waals surface area contributed by atoms with Gasteiger partial charge in [0.25, 0.3) is 0 Å². The molecule has 2 aliphatic heterocycles. The quantitative estimate of drug-likeness (QED) is 0.751. The Morgan fingerprint density at radius 1 is 1.03 bits per heavy atom. The van der Waals surface area contributed by atoms with Crippen molar-refractivity contribution < 1.29 is 21.6 Å². The van der Waals surface area contributed by atoms with Gasteiger partial charge in [-0.15, -0.1) is 0 Å². The summed E-state index contributed by atoms with van der Waals surface area (Å²) < 4.78 is 64.6. The minimum atomic E-state index is -4.59. The molecule has 0 saturated carbocycles. The van der Waals surface area contributed by atoms with E-state index >= 15 is 0 Å². The van der Waals surface area contributed by atoms with Crippen LogP contribution in [0.4, 0.5) is 24.5 Å². The molecule has 9 heteroatoms. The maximum atomic E-state index is 13.3. The van der Waals surface area contributed by atoms with Gasteiger partial charge < -0.3 is 0 Å². The highest BCUT2D eigenvalue weighted by Crippen LogP contribution is 2.40. The number of para-hydroxylation sites is 2. The number of fused-ring (bicyclic) bond motifs is 1. The smallest absolute Gasteiger partial charge is 0.262 e. The number of nitrogens with one attached hydrogen (secondary N) is 1. The van der Waals surface area contributed by atoms with Gasteiger partial charge in [-0.25, -0.2) is 13.7 Å². The first kappa shape index (κ1) is 21.7. The lowest BCUT2D eigenvalue weighted by molar-refractivity contribution is -0.137. The molecule has 0 bridgehead atoms. The standard InChI is InChI=1S/C22H24F3N3O2S/c1-21(2,31(29,30)17-7-5-6-16(14-17)22(23,24)25)15-10-12-28(13-11-15)20-26-18-8-3-4-9-19(18)27-20/h3-9,14-15,26H,10-13H2,1-2H3/q+1. The molecule has 1 N–H and O–H groups in total. The predicted octanol–water partition coefficient (Wildman–Crippen LogP) is 4.42. The Balaban J connectivity index is 1.49. The van der Waals surface area contributed by atoms with E-state index in [1.807, 2.05) is 24.3 Å². The van der Waals surface area contributed by atoms with Crippen LogP contribution in [0, 0.1) is 5.92 Å². The van der Waals surface area contributed by atoms with Gasteiger partial charge in [-0.2, -0.15) is 13.2 Å². The average molecular weight is 452 g/mol. The highest BCUT2D eigenvalue weighted by molar-refractivity contribution is 7.92. The molecule has 0 spiro atoms. The molecule has 165 valence electrons. The van der Waals surface area contributed by atoms with Gasteiger partial charge >= 0.3 is 12.1 Å². The van der Waals surface area contributed by atoms with Crippen molar-refractivity contribution in [2.75, 3.05) is 18.4 Å².